The average molecular weight is 330 g/mol. The minimum Gasteiger partial charge on any atom is -0.494 e. The number of nitrogens with zero attached hydrogens (tertiary/aromatic N) is 2. The van der Waals surface area contributed by atoms with E-state index in [2.05, 4.69) is 4.98 Å². The molecule has 120 valence electrons. The highest BCUT2D eigenvalue weighted by molar-refractivity contribution is 7.90. The molecular formula is C17H18N2O3S. The number of benzene rings is 2. The van der Waals surface area contributed by atoms with E-state index < -0.39 is 10.0 Å². The van der Waals surface area contributed by atoms with Gasteiger partial charge in [-0.05, 0) is 49.2 Å². The Balaban J connectivity index is 2.13. The third-order valence-corrected chi connectivity index (χ3v) is 5.35. The number of ether oxygens (including phenoxy) is 1. The molecule has 0 unspecified atom stereocenters. The molecule has 0 atom stereocenters. The summed E-state index contributed by atoms with van der Waals surface area (Å²) >= 11 is 0. The van der Waals surface area contributed by atoms with Gasteiger partial charge in [0.15, 0.2) is 0 Å². The van der Waals surface area contributed by atoms with Crippen molar-refractivity contribution in [2.45, 2.75) is 25.2 Å². The Hall–Kier alpha value is -2.34. The molecule has 6 heteroatoms. The fourth-order valence-electron chi connectivity index (χ4n) is 2.53. The lowest BCUT2D eigenvalue weighted by Crippen LogP contribution is -2.12. The Bertz CT molecular complexity index is 945. The Morgan fingerprint density at radius 1 is 1.13 bits per heavy atom. The largest absolute Gasteiger partial charge is 0.494 e. The molecule has 0 aliphatic rings. The predicted molar refractivity (Wildman–Crippen MR) is 89.3 cm³/mol. The second-order valence-electron chi connectivity index (χ2n) is 5.09. The lowest BCUT2D eigenvalue weighted by Gasteiger charge is -2.12. The molecule has 0 saturated carbocycles. The average Bonchev–Trinajstić information content (AvgIpc) is 3.00. The lowest BCUT2D eigenvalue weighted by atomic mass is 10.1. The van der Waals surface area contributed by atoms with Crippen LogP contribution >= 0.6 is 0 Å². The Morgan fingerprint density at radius 2 is 1.91 bits per heavy atom. The van der Waals surface area contributed by atoms with Crippen LogP contribution in [0.5, 0.6) is 5.75 Å². The summed E-state index contributed by atoms with van der Waals surface area (Å²) in [7, 11) is -3.69. The van der Waals surface area contributed by atoms with E-state index in [-0.39, 0.29) is 4.90 Å². The first-order valence-electron chi connectivity index (χ1n) is 7.51. The van der Waals surface area contributed by atoms with Gasteiger partial charge in [0.1, 0.15) is 12.1 Å². The number of para-hydroxylation sites is 2. The summed E-state index contributed by atoms with van der Waals surface area (Å²) in [6.07, 6.45) is 2.05. The summed E-state index contributed by atoms with van der Waals surface area (Å²) in [6, 6.07) is 12.1. The van der Waals surface area contributed by atoms with Crippen molar-refractivity contribution in [1.29, 1.82) is 0 Å². The number of rotatable bonds is 5. The van der Waals surface area contributed by atoms with E-state index in [1.165, 1.54) is 10.3 Å². The summed E-state index contributed by atoms with van der Waals surface area (Å²) in [5.74, 6) is 0.726. The minimum absolute atomic E-state index is 0.237. The summed E-state index contributed by atoms with van der Waals surface area (Å²) in [5, 5.41) is 0. The van der Waals surface area contributed by atoms with Crippen LogP contribution in [0.3, 0.4) is 0 Å². The molecule has 0 radical (unpaired) electrons. The summed E-state index contributed by atoms with van der Waals surface area (Å²) in [6.45, 7) is 4.42. The molecule has 1 aromatic heterocycles. The summed E-state index contributed by atoms with van der Waals surface area (Å²) < 4.78 is 32.6. The molecule has 0 aliphatic heterocycles. The molecule has 0 bridgehead atoms. The van der Waals surface area contributed by atoms with Crippen LogP contribution in [0, 0.1) is 0 Å². The molecule has 0 saturated heterocycles. The second kappa shape index (κ2) is 6.04. The van der Waals surface area contributed by atoms with Gasteiger partial charge in [-0.2, -0.15) is 0 Å². The molecule has 5 nitrogen and oxygen atoms in total. The Kier molecular flexibility index (Phi) is 4.09. The number of imidazole rings is 1. The van der Waals surface area contributed by atoms with Gasteiger partial charge in [0.2, 0.25) is 0 Å². The van der Waals surface area contributed by atoms with Crippen molar-refractivity contribution in [1.82, 2.24) is 8.96 Å². The fourth-order valence-corrected chi connectivity index (χ4v) is 3.87. The SMILES string of the molecule is CCOc1ccc(S(=O)(=O)n2cnc3ccccc32)cc1CC. The van der Waals surface area contributed by atoms with Crippen molar-refractivity contribution in [3.63, 3.8) is 0 Å². The molecule has 1 heterocycles. The van der Waals surface area contributed by atoms with Gasteiger partial charge >= 0.3 is 0 Å². The van der Waals surface area contributed by atoms with Crippen LogP contribution in [0.1, 0.15) is 19.4 Å². The second-order valence-corrected chi connectivity index (χ2v) is 6.91. The number of aromatic nitrogens is 2. The van der Waals surface area contributed by atoms with Gasteiger partial charge in [-0.3, -0.25) is 0 Å². The highest BCUT2D eigenvalue weighted by atomic mass is 32.2. The molecule has 0 N–H and O–H groups in total. The zero-order chi connectivity index (χ0) is 16.4. The van der Waals surface area contributed by atoms with Crippen molar-refractivity contribution >= 4 is 21.1 Å². The summed E-state index contributed by atoms with van der Waals surface area (Å²) in [5.41, 5.74) is 2.09. The number of fused-ring (bicyclic) bond motifs is 1. The highest BCUT2D eigenvalue weighted by Gasteiger charge is 2.20. The zero-order valence-electron chi connectivity index (χ0n) is 13.1. The Morgan fingerprint density at radius 3 is 2.65 bits per heavy atom. The fraction of sp³-hybridized carbons (Fsp3) is 0.235. The number of aryl methyl sites for hydroxylation is 1. The zero-order valence-corrected chi connectivity index (χ0v) is 13.9. The van der Waals surface area contributed by atoms with E-state index in [1.54, 1.807) is 36.4 Å². The molecule has 23 heavy (non-hydrogen) atoms. The van der Waals surface area contributed by atoms with Crippen molar-refractivity contribution in [2.24, 2.45) is 0 Å². The topological polar surface area (TPSA) is 61.2 Å². The van der Waals surface area contributed by atoms with Crippen molar-refractivity contribution in [2.75, 3.05) is 6.61 Å². The monoisotopic (exact) mass is 330 g/mol. The highest BCUT2D eigenvalue weighted by Crippen LogP contribution is 2.26. The number of hydrogen-bond donors (Lipinski definition) is 0. The van der Waals surface area contributed by atoms with Crippen LogP contribution in [-0.2, 0) is 16.4 Å². The van der Waals surface area contributed by atoms with Gasteiger partial charge in [-0.15, -0.1) is 0 Å². The van der Waals surface area contributed by atoms with Crippen LogP contribution in [0.4, 0.5) is 0 Å². The number of hydrogen-bond acceptors (Lipinski definition) is 4. The van der Waals surface area contributed by atoms with E-state index in [0.29, 0.717) is 24.1 Å². The van der Waals surface area contributed by atoms with E-state index in [1.807, 2.05) is 19.9 Å². The first-order valence-corrected chi connectivity index (χ1v) is 8.95. The molecular weight excluding hydrogens is 312 g/mol. The molecule has 3 aromatic rings. The maximum absolute atomic E-state index is 12.9. The van der Waals surface area contributed by atoms with E-state index in [0.717, 1.165) is 11.3 Å². The maximum atomic E-state index is 12.9. The standard InChI is InChI=1S/C17H18N2O3S/c1-3-13-11-14(9-10-17(13)22-4-2)23(20,21)19-12-18-15-7-5-6-8-16(15)19/h5-12H,3-4H2,1-2H3. The van der Waals surface area contributed by atoms with Gasteiger partial charge in [-0.25, -0.2) is 17.4 Å². The van der Waals surface area contributed by atoms with Crippen LogP contribution < -0.4 is 4.74 Å². The van der Waals surface area contributed by atoms with Gasteiger partial charge in [-0.1, -0.05) is 19.1 Å². The van der Waals surface area contributed by atoms with E-state index in [9.17, 15) is 8.42 Å². The first kappa shape index (κ1) is 15.6. The minimum atomic E-state index is -3.69. The molecule has 0 aliphatic carbocycles. The van der Waals surface area contributed by atoms with Gasteiger partial charge < -0.3 is 4.74 Å². The normalized spacial score (nSPS) is 11.7. The first-order chi connectivity index (χ1) is 11.1. The van der Waals surface area contributed by atoms with Crippen LogP contribution in [0.15, 0.2) is 53.7 Å². The van der Waals surface area contributed by atoms with Gasteiger partial charge in [0.25, 0.3) is 10.0 Å². The van der Waals surface area contributed by atoms with Crippen LogP contribution in [0.25, 0.3) is 11.0 Å². The quantitative estimate of drug-likeness (QED) is 0.720. The van der Waals surface area contributed by atoms with Crippen molar-refractivity contribution in [3.05, 3.63) is 54.4 Å². The molecule has 0 fully saturated rings. The van der Waals surface area contributed by atoms with E-state index in [4.69, 9.17) is 4.74 Å². The molecule has 0 spiro atoms. The Labute approximate surface area is 135 Å². The van der Waals surface area contributed by atoms with E-state index >= 15 is 0 Å². The maximum Gasteiger partial charge on any atom is 0.269 e. The molecule has 3 rings (SSSR count). The summed E-state index contributed by atoms with van der Waals surface area (Å²) in [4.78, 5) is 4.40. The predicted octanol–water partition coefficient (Wildman–Crippen LogP) is 3.23. The lowest BCUT2D eigenvalue weighted by molar-refractivity contribution is 0.336. The van der Waals surface area contributed by atoms with Crippen LogP contribution in [-0.4, -0.2) is 24.0 Å². The molecule has 2 aromatic carbocycles. The molecule has 0 amide bonds. The smallest absolute Gasteiger partial charge is 0.269 e. The van der Waals surface area contributed by atoms with Crippen molar-refractivity contribution < 1.29 is 13.2 Å². The van der Waals surface area contributed by atoms with Crippen LogP contribution in [0.2, 0.25) is 0 Å². The van der Waals surface area contributed by atoms with Gasteiger partial charge in [0, 0.05) is 0 Å². The van der Waals surface area contributed by atoms with Gasteiger partial charge in [0.05, 0.1) is 22.5 Å². The third kappa shape index (κ3) is 2.70. The van der Waals surface area contributed by atoms with Crippen molar-refractivity contribution in [3.8, 4) is 5.75 Å². The third-order valence-electron chi connectivity index (χ3n) is 3.69.